The lowest BCUT2D eigenvalue weighted by Gasteiger charge is -2.27. The van der Waals surface area contributed by atoms with Crippen molar-refractivity contribution in [3.8, 4) is 5.75 Å². The summed E-state index contributed by atoms with van der Waals surface area (Å²) in [5, 5.41) is 15.2. The summed E-state index contributed by atoms with van der Waals surface area (Å²) in [6, 6.07) is 9.82. The minimum Gasteiger partial charge on any atom is -0.872 e. The maximum Gasteiger partial charge on any atom is 0.295 e. The molecule has 2 aromatic rings. The number of nitrogens with one attached hydrogen (secondary N) is 1. The Bertz CT molecular complexity index is 919. The van der Waals surface area contributed by atoms with Crippen molar-refractivity contribution < 1.29 is 24.3 Å². The number of Topliss-reactive ketones (excluding diaryl/α,β-unsaturated/α-hetero) is 1. The zero-order valence-corrected chi connectivity index (χ0v) is 18.5. The van der Waals surface area contributed by atoms with Gasteiger partial charge in [0.05, 0.1) is 32.8 Å². The summed E-state index contributed by atoms with van der Waals surface area (Å²) in [6.07, 6.45) is 0.776. The molecule has 160 valence electrons. The highest BCUT2D eigenvalue weighted by atomic mass is 32.1. The molecule has 0 bridgehead atoms. The molecule has 30 heavy (non-hydrogen) atoms. The van der Waals surface area contributed by atoms with Gasteiger partial charge in [-0.05, 0) is 43.0 Å². The van der Waals surface area contributed by atoms with Crippen LogP contribution in [0.15, 0.2) is 47.4 Å². The number of ether oxygens (including phenoxy) is 1. The van der Waals surface area contributed by atoms with Crippen LogP contribution in [0.5, 0.6) is 5.75 Å². The van der Waals surface area contributed by atoms with E-state index in [1.807, 2.05) is 17.5 Å². The Morgan fingerprint density at radius 1 is 1.20 bits per heavy atom. The Morgan fingerprint density at radius 3 is 2.60 bits per heavy atom. The molecule has 1 aromatic heterocycles. The molecule has 0 aliphatic carbocycles. The number of rotatable bonds is 9. The highest BCUT2D eigenvalue weighted by Gasteiger charge is 2.44. The van der Waals surface area contributed by atoms with Crippen LogP contribution in [0.3, 0.4) is 0 Å². The van der Waals surface area contributed by atoms with Crippen molar-refractivity contribution in [1.82, 2.24) is 4.90 Å². The van der Waals surface area contributed by atoms with Gasteiger partial charge in [0.2, 0.25) is 5.78 Å². The number of carbonyl (C=O) groups excluding carboxylic acids is 2. The van der Waals surface area contributed by atoms with E-state index in [0.29, 0.717) is 17.9 Å². The summed E-state index contributed by atoms with van der Waals surface area (Å²) >= 11 is 1.45. The van der Waals surface area contributed by atoms with E-state index in [-0.39, 0.29) is 5.57 Å². The van der Waals surface area contributed by atoms with E-state index in [0.717, 1.165) is 30.9 Å². The average Bonchev–Trinajstić information content (AvgIpc) is 3.38. The van der Waals surface area contributed by atoms with Gasteiger partial charge >= 0.3 is 0 Å². The van der Waals surface area contributed by atoms with E-state index in [4.69, 9.17) is 4.74 Å². The molecule has 1 saturated heterocycles. The molecule has 0 radical (unpaired) electrons. The molecule has 1 unspecified atom stereocenters. The number of ketones is 1. The van der Waals surface area contributed by atoms with Crippen LogP contribution < -0.4 is 14.7 Å². The fourth-order valence-corrected chi connectivity index (χ4v) is 4.71. The van der Waals surface area contributed by atoms with Gasteiger partial charge in [-0.3, -0.25) is 9.59 Å². The highest BCUT2D eigenvalue weighted by Crippen LogP contribution is 2.40. The molecule has 1 aliphatic heterocycles. The van der Waals surface area contributed by atoms with Crippen LogP contribution in [0.1, 0.15) is 36.8 Å². The van der Waals surface area contributed by atoms with Crippen LogP contribution in [-0.4, -0.2) is 49.9 Å². The van der Waals surface area contributed by atoms with E-state index >= 15 is 0 Å². The zero-order valence-electron chi connectivity index (χ0n) is 17.6. The van der Waals surface area contributed by atoms with Crippen molar-refractivity contribution in [1.29, 1.82) is 0 Å². The van der Waals surface area contributed by atoms with Crippen molar-refractivity contribution in [3.05, 3.63) is 57.8 Å². The lowest BCUT2D eigenvalue weighted by atomic mass is 9.99. The first-order valence-corrected chi connectivity index (χ1v) is 11.2. The second-order valence-corrected chi connectivity index (χ2v) is 8.26. The largest absolute Gasteiger partial charge is 0.872 e. The molecule has 0 spiro atoms. The van der Waals surface area contributed by atoms with Crippen LogP contribution in [-0.2, 0) is 9.59 Å². The fraction of sp³-hybridized carbons (Fsp3) is 0.391. The van der Waals surface area contributed by atoms with Gasteiger partial charge in [-0.1, -0.05) is 24.0 Å². The summed E-state index contributed by atoms with van der Waals surface area (Å²) in [6.45, 7) is 7.67. The monoisotopic (exact) mass is 428 g/mol. The van der Waals surface area contributed by atoms with Crippen LogP contribution in [0, 0.1) is 0 Å². The standard InChI is InChI=1S/C23H28N2O4S/c1-4-24(5-2)12-8-13-25-20(18-11-7-14-30-18)19(22(27)23(25)28)21(26)16-9-6-10-17(15-16)29-3/h6-7,9-11,14-15,20,26H,4-5,8,12-13H2,1-3H3/b21-19+. The number of quaternary nitrogens is 1. The predicted molar refractivity (Wildman–Crippen MR) is 115 cm³/mol. The average molecular weight is 429 g/mol. The fourth-order valence-electron chi connectivity index (χ4n) is 3.87. The Balaban J connectivity index is 1.97. The van der Waals surface area contributed by atoms with Gasteiger partial charge in [-0.2, -0.15) is 0 Å². The number of likely N-dealkylation sites (tertiary alicyclic amines) is 1. The second-order valence-electron chi connectivity index (χ2n) is 7.28. The smallest absolute Gasteiger partial charge is 0.295 e. The number of amides is 1. The molecular weight excluding hydrogens is 400 g/mol. The topological polar surface area (TPSA) is 74.1 Å². The third-order valence-electron chi connectivity index (χ3n) is 5.60. The van der Waals surface area contributed by atoms with Crippen molar-refractivity contribution in [2.75, 3.05) is 33.3 Å². The normalized spacial score (nSPS) is 18.4. The maximum atomic E-state index is 13.3. The van der Waals surface area contributed by atoms with Crippen LogP contribution >= 0.6 is 11.3 Å². The summed E-state index contributed by atoms with van der Waals surface area (Å²) in [5.41, 5.74) is 0.382. The van der Waals surface area contributed by atoms with E-state index in [1.54, 1.807) is 29.2 Å². The Morgan fingerprint density at radius 2 is 1.97 bits per heavy atom. The molecule has 2 heterocycles. The highest BCUT2D eigenvalue weighted by molar-refractivity contribution is 7.10. The van der Waals surface area contributed by atoms with Gasteiger partial charge in [-0.25, -0.2) is 0 Å². The maximum absolute atomic E-state index is 13.3. The Kier molecular flexibility index (Phi) is 7.29. The Hall–Kier alpha value is -2.64. The number of thiophene rings is 1. The third-order valence-corrected chi connectivity index (χ3v) is 6.53. The molecule has 1 aromatic carbocycles. The molecule has 3 rings (SSSR count). The summed E-state index contributed by atoms with van der Waals surface area (Å²) in [7, 11) is 1.52. The van der Waals surface area contributed by atoms with Gasteiger partial charge in [0.15, 0.2) is 0 Å². The molecule has 6 nitrogen and oxygen atoms in total. The number of hydrogen-bond donors (Lipinski definition) is 1. The first-order valence-electron chi connectivity index (χ1n) is 10.3. The lowest BCUT2D eigenvalue weighted by molar-refractivity contribution is -0.896. The van der Waals surface area contributed by atoms with Gasteiger partial charge < -0.3 is 19.6 Å². The molecule has 0 saturated carbocycles. The molecule has 7 heteroatoms. The quantitative estimate of drug-likeness (QED) is 0.371. The van der Waals surface area contributed by atoms with Crippen LogP contribution in [0.4, 0.5) is 0 Å². The minimum atomic E-state index is -0.698. The van der Waals surface area contributed by atoms with Crippen LogP contribution in [0.2, 0.25) is 0 Å². The molecule has 1 amide bonds. The second kappa shape index (κ2) is 9.91. The van der Waals surface area contributed by atoms with E-state index < -0.39 is 23.5 Å². The predicted octanol–water partition coefficient (Wildman–Crippen LogP) is 1.30. The van der Waals surface area contributed by atoms with Gasteiger partial charge in [0.25, 0.3) is 5.91 Å². The first kappa shape index (κ1) is 22.1. The number of hydrogen-bond acceptors (Lipinski definition) is 5. The summed E-state index contributed by atoms with van der Waals surface area (Å²) in [5.74, 6) is -1.17. The van der Waals surface area contributed by atoms with Gasteiger partial charge in [-0.15, -0.1) is 11.3 Å². The van der Waals surface area contributed by atoms with Crippen molar-refractivity contribution >= 4 is 28.8 Å². The Labute approximate surface area is 181 Å². The SMILES string of the molecule is CC[NH+](CC)CCCN1C(=O)C(=O)/C(=C(/[O-])c2cccc(OC)c2)C1c1cccs1. The van der Waals surface area contributed by atoms with Gasteiger partial charge in [0.1, 0.15) is 5.75 Å². The van der Waals surface area contributed by atoms with Crippen molar-refractivity contribution in [2.24, 2.45) is 0 Å². The summed E-state index contributed by atoms with van der Waals surface area (Å²) < 4.78 is 5.21. The minimum absolute atomic E-state index is 0.0332. The molecule has 1 atom stereocenters. The van der Waals surface area contributed by atoms with Crippen LogP contribution in [0.25, 0.3) is 5.76 Å². The van der Waals surface area contributed by atoms with Crippen molar-refractivity contribution in [3.63, 3.8) is 0 Å². The molecule has 1 fully saturated rings. The third kappa shape index (κ3) is 4.42. The van der Waals surface area contributed by atoms with E-state index in [1.165, 1.54) is 23.3 Å². The number of nitrogens with zero attached hydrogens (tertiary/aromatic N) is 1. The zero-order chi connectivity index (χ0) is 21.7. The lowest BCUT2D eigenvalue weighted by Crippen LogP contribution is -3.11. The van der Waals surface area contributed by atoms with E-state index in [9.17, 15) is 14.7 Å². The van der Waals surface area contributed by atoms with E-state index in [2.05, 4.69) is 13.8 Å². The number of benzene rings is 1. The molecular formula is C23H28N2O4S. The first-order chi connectivity index (χ1) is 14.5. The number of methoxy groups -OCH3 is 1. The summed E-state index contributed by atoms with van der Waals surface area (Å²) in [4.78, 5) is 29.6. The van der Waals surface area contributed by atoms with Crippen molar-refractivity contribution in [2.45, 2.75) is 26.3 Å². The number of carbonyl (C=O) groups is 2. The molecule has 1 N–H and O–H groups in total. The van der Waals surface area contributed by atoms with Gasteiger partial charge in [0, 0.05) is 23.4 Å². The molecule has 1 aliphatic rings.